The van der Waals surface area contributed by atoms with Crippen LogP contribution >= 0.6 is 0 Å². The molecular formula is C25H22N4O4. The number of hydrogen-bond acceptors (Lipinski definition) is 5. The maximum absolute atomic E-state index is 12.7. The molecule has 4 aromatic rings. The van der Waals surface area contributed by atoms with Crippen LogP contribution < -0.4 is 0 Å². The second-order valence-electron chi connectivity index (χ2n) is 8.05. The van der Waals surface area contributed by atoms with Crippen molar-refractivity contribution in [2.24, 2.45) is 0 Å². The Hall–Kier alpha value is -4.20. The number of imidazole rings is 1. The zero-order valence-corrected chi connectivity index (χ0v) is 17.8. The molecule has 0 unspecified atom stereocenters. The predicted molar refractivity (Wildman–Crippen MR) is 123 cm³/mol. The van der Waals surface area contributed by atoms with Gasteiger partial charge in [0.1, 0.15) is 12.4 Å². The maximum atomic E-state index is 12.7. The van der Waals surface area contributed by atoms with Gasteiger partial charge in [-0.1, -0.05) is 36.4 Å². The minimum Gasteiger partial charge on any atom is -0.445 e. The lowest BCUT2D eigenvalue weighted by atomic mass is 10.0. The van der Waals surface area contributed by atoms with Crippen molar-refractivity contribution in [3.05, 3.63) is 94.3 Å². The van der Waals surface area contributed by atoms with Crippen LogP contribution in [0.5, 0.6) is 0 Å². The number of nitrogens with zero attached hydrogens (tertiary/aromatic N) is 3. The number of ether oxygens (including phenoxy) is 1. The summed E-state index contributed by atoms with van der Waals surface area (Å²) in [7, 11) is 0. The van der Waals surface area contributed by atoms with Gasteiger partial charge < -0.3 is 9.72 Å². The molecule has 0 saturated carbocycles. The summed E-state index contributed by atoms with van der Waals surface area (Å²) in [5.41, 5.74) is 4.47. The van der Waals surface area contributed by atoms with Crippen LogP contribution in [-0.2, 0) is 11.3 Å². The monoisotopic (exact) mass is 442 g/mol. The number of H-pyrrole nitrogens is 1. The van der Waals surface area contributed by atoms with Crippen molar-refractivity contribution in [3.63, 3.8) is 0 Å². The Morgan fingerprint density at radius 2 is 1.85 bits per heavy atom. The second kappa shape index (κ2) is 8.74. The fraction of sp³-hybridized carbons (Fsp3) is 0.200. The van der Waals surface area contributed by atoms with Gasteiger partial charge in [0, 0.05) is 18.7 Å². The van der Waals surface area contributed by atoms with E-state index in [-0.39, 0.29) is 24.4 Å². The highest BCUT2D eigenvalue weighted by Gasteiger charge is 2.33. The summed E-state index contributed by atoms with van der Waals surface area (Å²) in [4.78, 5) is 33.1. The number of carbonyl (C=O) groups excluding carboxylic acids is 1. The van der Waals surface area contributed by atoms with Crippen molar-refractivity contribution in [1.82, 2.24) is 14.9 Å². The molecule has 2 heterocycles. The molecule has 1 amide bonds. The van der Waals surface area contributed by atoms with Crippen LogP contribution in [0.2, 0.25) is 0 Å². The number of likely N-dealkylation sites (tertiary alicyclic amines) is 1. The molecule has 33 heavy (non-hydrogen) atoms. The molecule has 166 valence electrons. The summed E-state index contributed by atoms with van der Waals surface area (Å²) in [6.07, 6.45) is 1.36. The summed E-state index contributed by atoms with van der Waals surface area (Å²) < 4.78 is 5.54. The van der Waals surface area contributed by atoms with E-state index in [0.29, 0.717) is 6.54 Å². The molecule has 1 fully saturated rings. The van der Waals surface area contributed by atoms with E-state index >= 15 is 0 Å². The van der Waals surface area contributed by atoms with Gasteiger partial charge in [-0.2, -0.15) is 0 Å². The number of rotatable bonds is 5. The Morgan fingerprint density at radius 3 is 2.61 bits per heavy atom. The van der Waals surface area contributed by atoms with Crippen molar-refractivity contribution < 1.29 is 14.5 Å². The molecule has 1 atom stereocenters. The second-order valence-corrected chi connectivity index (χ2v) is 8.05. The van der Waals surface area contributed by atoms with Crippen molar-refractivity contribution >= 4 is 22.8 Å². The van der Waals surface area contributed by atoms with E-state index in [2.05, 4.69) is 4.98 Å². The van der Waals surface area contributed by atoms with E-state index < -0.39 is 4.92 Å². The summed E-state index contributed by atoms with van der Waals surface area (Å²) >= 11 is 0. The van der Waals surface area contributed by atoms with Gasteiger partial charge in [-0.05, 0) is 53.8 Å². The summed E-state index contributed by atoms with van der Waals surface area (Å²) in [6, 6.07) is 21.7. The van der Waals surface area contributed by atoms with E-state index in [0.717, 1.165) is 46.4 Å². The van der Waals surface area contributed by atoms with Gasteiger partial charge >= 0.3 is 6.09 Å². The van der Waals surface area contributed by atoms with E-state index in [1.807, 2.05) is 48.5 Å². The van der Waals surface area contributed by atoms with E-state index in [9.17, 15) is 14.9 Å². The fourth-order valence-electron chi connectivity index (χ4n) is 4.21. The SMILES string of the molecule is O=C(OCc1ccccc1)N1CCC[C@@H]1c1nc2ccc(-c3ccc([N+](=O)[O-])cc3)cc2[nH]1. The molecule has 1 aliphatic rings. The van der Waals surface area contributed by atoms with E-state index in [1.54, 1.807) is 17.0 Å². The maximum Gasteiger partial charge on any atom is 0.410 e. The molecule has 1 saturated heterocycles. The normalized spacial score (nSPS) is 15.6. The Morgan fingerprint density at radius 1 is 1.09 bits per heavy atom. The summed E-state index contributed by atoms with van der Waals surface area (Å²) in [5.74, 6) is 0.736. The molecule has 5 rings (SSSR count). The first-order valence-electron chi connectivity index (χ1n) is 10.8. The molecule has 1 aliphatic heterocycles. The van der Waals surface area contributed by atoms with Crippen LogP contribution in [0.15, 0.2) is 72.8 Å². The first kappa shape index (κ1) is 20.7. The van der Waals surface area contributed by atoms with Crippen LogP contribution in [0.1, 0.15) is 30.3 Å². The van der Waals surface area contributed by atoms with Gasteiger partial charge in [-0.3, -0.25) is 15.0 Å². The number of carbonyl (C=O) groups is 1. The molecule has 1 N–H and O–H groups in total. The highest BCUT2D eigenvalue weighted by Crippen LogP contribution is 2.33. The third kappa shape index (κ3) is 4.27. The number of amides is 1. The number of nitro groups is 1. The van der Waals surface area contributed by atoms with Crippen LogP contribution in [0.4, 0.5) is 10.5 Å². The molecule has 8 nitrogen and oxygen atoms in total. The molecule has 8 heteroatoms. The number of nitro benzene ring substituents is 1. The minimum absolute atomic E-state index is 0.0594. The number of benzene rings is 3. The zero-order chi connectivity index (χ0) is 22.8. The summed E-state index contributed by atoms with van der Waals surface area (Å²) in [6.45, 7) is 0.866. The van der Waals surface area contributed by atoms with Gasteiger partial charge in [-0.25, -0.2) is 9.78 Å². The lowest BCUT2D eigenvalue weighted by Crippen LogP contribution is -2.31. The van der Waals surface area contributed by atoms with Crippen molar-refractivity contribution in [3.8, 4) is 11.1 Å². The minimum atomic E-state index is -0.410. The third-order valence-electron chi connectivity index (χ3n) is 5.92. The number of nitrogens with one attached hydrogen (secondary N) is 1. The smallest absolute Gasteiger partial charge is 0.410 e. The highest BCUT2D eigenvalue weighted by atomic mass is 16.6. The van der Waals surface area contributed by atoms with Gasteiger partial charge in [0.05, 0.1) is 22.0 Å². The van der Waals surface area contributed by atoms with Gasteiger partial charge in [0.2, 0.25) is 0 Å². The molecular weight excluding hydrogens is 420 g/mol. The standard InChI is InChI=1S/C25H22N4O4/c30-25(33-16-17-5-2-1-3-6-17)28-14-4-7-23(28)24-26-21-13-10-19(15-22(21)27-24)18-8-11-20(12-9-18)29(31)32/h1-3,5-6,8-13,15,23H,4,7,14,16H2,(H,26,27)/t23-/m1/s1. The fourth-order valence-corrected chi connectivity index (χ4v) is 4.21. The Labute approximate surface area is 190 Å². The Kier molecular flexibility index (Phi) is 5.48. The number of non-ortho nitro benzene ring substituents is 1. The third-order valence-corrected chi connectivity index (χ3v) is 5.92. The Bertz CT molecular complexity index is 1300. The lowest BCUT2D eigenvalue weighted by Gasteiger charge is -2.22. The van der Waals surface area contributed by atoms with Crippen molar-refractivity contribution in [1.29, 1.82) is 0 Å². The number of hydrogen-bond donors (Lipinski definition) is 1. The van der Waals surface area contributed by atoms with Crippen molar-refractivity contribution in [2.45, 2.75) is 25.5 Å². The number of aromatic amines is 1. The van der Waals surface area contributed by atoms with Crippen LogP contribution in [0.3, 0.4) is 0 Å². The van der Waals surface area contributed by atoms with Gasteiger partial charge in [-0.15, -0.1) is 0 Å². The zero-order valence-electron chi connectivity index (χ0n) is 17.8. The molecule has 0 spiro atoms. The lowest BCUT2D eigenvalue weighted by molar-refractivity contribution is -0.384. The molecule has 0 aliphatic carbocycles. The number of aromatic nitrogens is 2. The van der Waals surface area contributed by atoms with Crippen LogP contribution in [0, 0.1) is 10.1 Å². The molecule has 0 radical (unpaired) electrons. The average molecular weight is 442 g/mol. The van der Waals surface area contributed by atoms with Gasteiger partial charge in [0.15, 0.2) is 0 Å². The van der Waals surface area contributed by atoms with Crippen LogP contribution in [0.25, 0.3) is 22.2 Å². The average Bonchev–Trinajstić information content (AvgIpc) is 3.50. The topological polar surface area (TPSA) is 101 Å². The largest absolute Gasteiger partial charge is 0.445 e. The van der Waals surface area contributed by atoms with Crippen LogP contribution in [-0.4, -0.2) is 32.4 Å². The van der Waals surface area contributed by atoms with E-state index in [1.165, 1.54) is 12.1 Å². The predicted octanol–water partition coefficient (Wildman–Crippen LogP) is 5.61. The summed E-state index contributed by atoms with van der Waals surface area (Å²) in [5, 5.41) is 10.9. The quantitative estimate of drug-likeness (QED) is 0.320. The first-order chi connectivity index (χ1) is 16.1. The Balaban J connectivity index is 1.34. The van der Waals surface area contributed by atoms with Gasteiger partial charge in [0.25, 0.3) is 5.69 Å². The first-order valence-corrected chi connectivity index (χ1v) is 10.8. The molecule has 0 bridgehead atoms. The highest BCUT2D eigenvalue weighted by molar-refractivity contribution is 5.82. The number of fused-ring (bicyclic) bond motifs is 1. The van der Waals surface area contributed by atoms with E-state index in [4.69, 9.17) is 9.72 Å². The van der Waals surface area contributed by atoms with Crippen molar-refractivity contribution in [2.75, 3.05) is 6.54 Å². The molecule has 1 aromatic heterocycles. The molecule has 3 aromatic carbocycles.